The van der Waals surface area contributed by atoms with Crippen molar-refractivity contribution in [2.75, 3.05) is 19.8 Å². The highest BCUT2D eigenvalue weighted by atomic mass is 32.2. The maximum atomic E-state index is 11.7. The van der Waals surface area contributed by atoms with Gasteiger partial charge < -0.3 is 5.73 Å². The number of benzene rings is 1. The highest BCUT2D eigenvalue weighted by molar-refractivity contribution is 7.90. The van der Waals surface area contributed by atoms with E-state index >= 15 is 0 Å². The molecule has 18 heavy (non-hydrogen) atoms. The van der Waals surface area contributed by atoms with Gasteiger partial charge in [-0.15, -0.1) is 0 Å². The molecule has 1 aromatic rings. The summed E-state index contributed by atoms with van der Waals surface area (Å²) >= 11 is 0. The van der Waals surface area contributed by atoms with E-state index in [1.165, 1.54) is 27.1 Å². The second kappa shape index (κ2) is 4.84. The zero-order valence-electron chi connectivity index (χ0n) is 10.2. The number of nitrogens with two attached hydrogens (primary N) is 1. The molecule has 0 unspecified atom stereocenters. The largest absolute Gasteiger partial charge is 0.398 e. The summed E-state index contributed by atoms with van der Waals surface area (Å²) in [5.41, 5.74) is 5.97. The molecule has 0 heterocycles. The van der Waals surface area contributed by atoms with Gasteiger partial charge in [-0.2, -0.15) is 0 Å². The third kappa shape index (κ3) is 2.64. The zero-order chi connectivity index (χ0) is 14.1. The molecule has 0 aliphatic rings. The summed E-state index contributed by atoms with van der Waals surface area (Å²) in [6.07, 6.45) is 0. The topological polar surface area (TPSA) is 118 Å². The first-order valence-corrected chi connectivity index (χ1v) is 7.89. The van der Waals surface area contributed by atoms with E-state index in [2.05, 4.69) is 9.44 Å². The number of hydrogen-bond acceptors (Lipinski definition) is 5. The fourth-order valence-corrected chi connectivity index (χ4v) is 3.35. The summed E-state index contributed by atoms with van der Waals surface area (Å²) in [7, 11) is -5.07. The van der Waals surface area contributed by atoms with Crippen molar-refractivity contribution >= 4 is 25.7 Å². The smallest absolute Gasteiger partial charge is 0.242 e. The maximum absolute atomic E-state index is 11.7. The van der Waals surface area contributed by atoms with Crippen molar-refractivity contribution in [3.05, 3.63) is 17.7 Å². The van der Waals surface area contributed by atoms with Crippen LogP contribution in [0, 0.1) is 6.92 Å². The molecule has 102 valence electrons. The summed E-state index contributed by atoms with van der Waals surface area (Å²) in [5, 5.41) is 0. The van der Waals surface area contributed by atoms with Crippen LogP contribution in [0.1, 0.15) is 5.56 Å². The molecule has 0 amide bonds. The van der Waals surface area contributed by atoms with Crippen LogP contribution in [0.3, 0.4) is 0 Å². The molecular formula is C9H15N3O4S2. The Kier molecular flexibility index (Phi) is 4.01. The lowest BCUT2D eigenvalue weighted by Gasteiger charge is -2.12. The van der Waals surface area contributed by atoms with Crippen molar-refractivity contribution in [2.45, 2.75) is 16.7 Å². The zero-order valence-corrected chi connectivity index (χ0v) is 11.8. The fraction of sp³-hybridized carbons (Fsp3) is 0.333. The van der Waals surface area contributed by atoms with E-state index in [-0.39, 0.29) is 15.5 Å². The molecule has 0 spiro atoms. The van der Waals surface area contributed by atoms with Crippen molar-refractivity contribution in [1.29, 1.82) is 0 Å². The first-order chi connectivity index (χ1) is 8.15. The molecule has 0 saturated carbocycles. The van der Waals surface area contributed by atoms with Crippen molar-refractivity contribution < 1.29 is 16.8 Å². The van der Waals surface area contributed by atoms with E-state index in [0.717, 1.165) is 6.07 Å². The Labute approximate surface area is 106 Å². The Morgan fingerprint density at radius 2 is 1.39 bits per heavy atom. The molecule has 4 N–H and O–H groups in total. The lowest BCUT2D eigenvalue weighted by atomic mass is 10.2. The van der Waals surface area contributed by atoms with E-state index < -0.39 is 20.0 Å². The van der Waals surface area contributed by atoms with Crippen LogP contribution < -0.4 is 15.2 Å². The predicted molar refractivity (Wildman–Crippen MR) is 68.1 cm³/mol. The molecule has 0 atom stereocenters. The Morgan fingerprint density at radius 1 is 0.944 bits per heavy atom. The van der Waals surface area contributed by atoms with Crippen LogP contribution in [0.2, 0.25) is 0 Å². The molecule has 1 aromatic carbocycles. The van der Waals surface area contributed by atoms with Gasteiger partial charge in [0.25, 0.3) is 0 Å². The SMILES string of the molecule is CNS(=O)(=O)c1cc(S(=O)(=O)NC)c(N)cc1C. The quantitative estimate of drug-likeness (QED) is 0.640. The van der Waals surface area contributed by atoms with Crippen molar-refractivity contribution in [3.63, 3.8) is 0 Å². The van der Waals surface area contributed by atoms with Gasteiger partial charge in [0.15, 0.2) is 0 Å². The average Bonchev–Trinajstić information content (AvgIpc) is 2.28. The molecule has 1 rings (SSSR count). The molecule has 0 radical (unpaired) electrons. The van der Waals surface area contributed by atoms with Crippen LogP contribution in [0.25, 0.3) is 0 Å². The Bertz CT molecular complexity index is 610. The molecule has 0 aliphatic heterocycles. The minimum Gasteiger partial charge on any atom is -0.398 e. The van der Waals surface area contributed by atoms with Crippen molar-refractivity contribution in [1.82, 2.24) is 9.44 Å². The van der Waals surface area contributed by atoms with E-state index in [0.29, 0.717) is 5.56 Å². The van der Waals surface area contributed by atoms with Crippen LogP contribution in [-0.2, 0) is 20.0 Å². The van der Waals surface area contributed by atoms with Gasteiger partial charge in [0, 0.05) is 0 Å². The van der Waals surface area contributed by atoms with E-state index in [9.17, 15) is 16.8 Å². The molecule has 0 aliphatic carbocycles. The number of anilines is 1. The maximum Gasteiger partial charge on any atom is 0.242 e. The number of aryl methyl sites for hydroxylation is 1. The van der Waals surface area contributed by atoms with Gasteiger partial charge in [-0.1, -0.05) is 0 Å². The van der Waals surface area contributed by atoms with Gasteiger partial charge in [0.2, 0.25) is 20.0 Å². The third-order valence-corrected chi connectivity index (χ3v) is 5.45. The number of nitrogens with one attached hydrogen (secondary N) is 2. The summed E-state index contributed by atoms with van der Waals surface area (Å²) in [6, 6.07) is 2.36. The molecule has 0 bridgehead atoms. The molecule has 7 nitrogen and oxygen atoms in total. The molecule has 0 saturated heterocycles. The highest BCUT2D eigenvalue weighted by Crippen LogP contribution is 2.25. The van der Waals surface area contributed by atoms with E-state index in [1.807, 2.05) is 0 Å². The van der Waals surface area contributed by atoms with Crippen LogP contribution in [0.5, 0.6) is 0 Å². The monoisotopic (exact) mass is 293 g/mol. The highest BCUT2D eigenvalue weighted by Gasteiger charge is 2.22. The van der Waals surface area contributed by atoms with Crippen LogP contribution in [0.4, 0.5) is 5.69 Å². The number of hydrogen-bond donors (Lipinski definition) is 3. The second-order valence-electron chi connectivity index (χ2n) is 3.57. The summed E-state index contributed by atoms with van der Waals surface area (Å²) in [5.74, 6) is 0. The first-order valence-electron chi connectivity index (χ1n) is 4.93. The standard InChI is InChI=1S/C9H15N3O4S2/c1-6-4-7(10)9(18(15,16)12-3)5-8(6)17(13,14)11-2/h4-5,11-12H,10H2,1-3H3. The average molecular weight is 293 g/mol. The number of sulfonamides is 2. The molecule has 0 aromatic heterocycles. The normalized spacial score (nSPS) is 12.6. The van der Waals surface area contributed by atoms with Gasteiger partial charge in [0.1, 0.15) is 4.90 Å². The van der Waals surface area contributed by atoms with Gasteiger partial charge in [-0.25, -0.2) is 26.3 Å². The Balaban J connectivity index is 3.66. The minimum absolute atomic E-state index is 0.00287. The van der Waals surface area contributed by atoms with Crippen molar-refractivity contribution in [3.8, 4) is 0 Å². The Hall–Kier alpha value is -1.16. The fourth-order valence-electron chi connectivity index (χ4n) is 1.43. The van der Waals surface area contributed by atoms with Crippen LogP contribution in [0.15, 0.2) is 21.9 Å². The third-order valence-electron chi connectivity index (χ3n) is 2.42. The van der Waals surface area contributed by atoms with Gasteiger partial charge in [-0.05, 0) is 38.7 Å². The Morgan fingerprint density at radius 3 is 1.83 bits per heavy atom. The lowest BCUT2D eigenvalue weighted by Crippen LogP contribution is -2.23. The van der Waals surface area contributed by atoms with E-state index in [4.69, 9.17) is 5.73 Å². The summed E-state index contributed by atoms with van der Waals surface area (Å²) in [4.78, 5) is -0.377. The molecule has 9 heteroatoms. The predicted octanol–water partition coefficient (Wildman–Crippen LogP) is -0.607. The summed E-state index contributed by atoms with van der Waals surface area (Å²) < 4.78 is 51.1. The number of rotatable bonds is 4. The molecule has 0 fully saturated rings. The van der Waals surface area contributed by atoms with Crippen LogP contribution in [-0.4, -0.2) is 30.9 Å². The van der Waals surface area contributed by atoms with Crippen LogP contribution >= 0.6 is 0 Å². The summed E-state index contributed by atoms with van der Waals surface area (Å²) in [6.45, 7) is 1.54. The lowest BCUT2D eigenvalue weighted by molar-refractivity contribution is 0.586. The van der Waals surface area contributed by atoms with Gasteiger partial charge in [0.05, 0.1) is 10.6 Å². The molecular weight excluding hydrogens is 278 g/mol. The van der Waals surface area contributed by atoms with Gasteiger partial charge >= 0.3 is 0 Å². The first kappa shape index (κ1) is 14.9. The second-order valence-corrected chi connectivity index (χ2v) is 7.28. The van der Waals surface area contributed by atoms with Gasteiger partial charge in [-0.3, -0.25) is 0 Å². The van der Waals surface area contributed by atoms with Crippen molar-refractivity contribution in [2.24, 2.45) is 0 Å². The number of nitrogen functional groups attached to an aromatic ring is 1. The van der Waals surface area contributed by atoms with E-state index in [1.54, 1.807) is 0 Å². The minimum atomic E-state index is -3.80.